The Bertz CT molecular complexity index is 1020. The Kier molecular flexibility index (Phi) is 7.41. The largest absolute Gasteiger partial charge is 0.493 e. The molecule has 9 nitrogen and oxygen atoms in total. The first kappa shape index (κ1) is 23.2. The zero-order valence-corrected chi connectivity index (χ0v) is 17.9. The summed E-state index contributed by atoms with van der Waals surface area (Å²) in [5.74, 6) is -0.446. The molecule has 0 aliphatic carbocycles. The number of methoxy groups -OCH3 is 1. The third-order valence-corrected chi connectivity index (χ3v) is 4.79. The Hall–Kier alpha value is -3.11. The summed E-state index contributed by atoms with van der Waals surface area (Å²) >= 11 is 0. The molecule has 2 aromatic carbocycles. The smallest absolute Gasteiger partial charge is 0.339 e. The molecule has 0 aliphatic rings. The van der Waals surface area contributed by atoms with Gasteiger partial charge in [0.05, 0.1) is 23.7 Å². The number of hydrogen-bond acceptors (Lipinski definition) is 7. The number of amides is 1. The number of esters is 1. The zero-order chi connectivity index (χ0) is 22.5. The molecule has 2 rings (SSSR count). The SMILES string of the molecule is COc1cc(C(=O)OC(C)C(=O)Nc2ccc(S(N)(=O)=O)cc2)ccc1OC(C)C. The van der Waals surface area contributed by atoms with Crippen molar-refractivity contribution in [3.63, 3.8) is 0 Å². The van der Waals surface area contributed by atoms with Crippen molar-refractivity contribution in [3.05, 3.63) is 48.0 Å². The quantitative estimate of drug-likeness (QED) is 0.607. The summed E-state index contributed by atoms with van der Waals surface area (Å²) in [6.45, 7) is 5.15. The van der Waals surface area contributed by atoms with Crippen LogP contribution in [0.5, 0.6) is 11.5 Å². The average Bonchev–Trinajstić information content (AvgIpc) is 2.67. The Morgan fingerprint density at radius 2 is 1.63 bits per heavy atom. The molecule has 0 radical (unpaired) electrons. The van der Waals surface area contributed by atoms with E-state index in [1.54, 1.807) is 6.07 Å². The van der Waals surface area contributed by atoms with E-state index in [4.69, 9.17) is 19.3 Å². The number of anilines is 1. The van der Waals surface area contributed by atoms with E-state index in [9.17, 15) is 18.0 Å². The molecular formula is C20H24N2O7S. The van der Waals surface area contributed by atoms with Crippen LogP contribution >= 0.6 is 0 Å². The minimum absolute atomic E-state index is 0.0700. The molecule has 0 aliphatic heterocycles. The number of nitrogens with two attached hydrogens (primary N) is 1. The van der Waals surface area contributed by atoms with Gasteiger partial charge in [0.2, 0.25) is 10.0 Å². The second kappa shape index (κ2) is 9.59. The predicted octanol–water partition coefficient (Wildman–Crippen LogP) is 2.31. The Labute approximate surface area is 175 Å². The zero-order valence-electron chi connectivity index (χ0n) is 17.0. The summed E-state index contributed by atoms with van der Waals surface area (Å²) in [5, 5.41) is 7.56. The maximum Gasteiger partial charge on any atom is 0.339 e. The lowest BCUT2D eigenvalue weighted by Gasteiger charge is -2.16. The normalized spacial score (nSPS) is 12.2. The van der Waals surface area contributed by atoms with Gasteiger partial charge in [0, 0.05) is 5.69 Å². The fourth-order valence-corrected chi connectivity index (χ4v) is 2.92. The molecular weight excluding hydrogens is 412 g/mol. The van der Waals surface area contributed by atoms with Crippen LogP contribution in [0.1, 0.15) is 31.1 Å². The van der Waals surface area contributed by atoms with Crippen molar-refractivity contribution in [2.45, 2.75) is 37.9 Å². The van der Waals surface area contributed by atoms with E-state index in [0.717, 1.165) is 0 Å². The van der Waals surface area contributed by atoms with Crippen LogP contribution in [-0.4, -0.2) is 39.6 Å². The van der Waals surface area contributed by atoms with Gasteiger partial charge in [-0.3, -0.25) is 4.79 Å². The number of benzene rings is 2. The van der Waals surface area contributed by atoms with Crippen LogP contribution in [0.4, 0.5) is 5.69 Å². The predicted molar refractivity (Wildman–Crippen MR) is 110 cm³/mol. The fourth-order valence-electron chi connectivity index (χ4n) is 2.40. The van der Waals surface area contributed by atoms with Gasteiger partial charge in [0.1, 0.15) is 0 Å². The molecule has 0 saturated heterocycles. The number of rotatable bonds is 8. The molecule has 1 amide bonds. The van der Waals surface area contributed by atoms with Gasteiger partial charge in [-0.15, -0.1) is 0 Å². The second-order valence-electron chi connectivity index (χ2n) is 6.64. The van der Waals surface area contributed by atoms with E-state index in [0.29, 0.717) is 17.2 Å². The molecule has 30 heavy (non-hydrogen) atoms. The number of nitrogens with one attached hydrogen (secondary N) is 1. The van der Waals surface area contributed by atoms with Gasteiger partial charge in [-0.25, -0.2) is 18.4 Å². The first-order chi connectivity index (χ1) is 14.0. The second-order valence-corrected chi connectivity index (χ2v) is 8.20. The molecule has 10 heteroatoms. The van der Waals surface area contributed by atoms with Crippen LogP contribution in [0, 0.1) is 0 Å². The highest BCUT2D eigenvalue weighted by molar-refractivity contribution is 7.89. The summed E-state index contributed by atoms with van der Waals surface area (Å²) in [4.78, 5) is 24.6. The summed E-state index contributed by atoms with van der Waals surface area (Å²) in [6.07, 6.45) is -1.17. The lowest BCUT2D eigenvalue weighted by molar-refractivity contribution is -0.123. The molecule has 2 aromatic rings. The highest BCUT2D eigenvalue weighted by Gasteiger charge is 2.21. The van der Waals surface area contributed by atoms with Crippen LogP contribution in [0.25, 0.3) is 0 Å². The number of sulfonamides is 1. The van der Waals surface area contributed by atoms with Crippen molar-refractivity contribution in [1.82, 2.24) is 0 Å². The summed E-state index contributed by atoms with van der Waals surface area (Å²) < 4.78 is 38.6. The third-order valence-electron chi connectivity index (χ3n) is 3.87. The van der Waals surface area contributed by atoms with Crippen LogP contribution in [0.15, 0.2) is 47.4 Å². The van der Waals surface area contributed by atoms with Crippen molar-refractivity contribution in [2.75, 3.05) is 12.4 Å². The standard InChI is InChI=1S/C20H24N2O7S/c1-12(2)28-17-10-5-14(11-18(17)27-4)20(24)29-13(3)19(23)22-15-6-8-16(9-7-15)30(21,25)26/h5-13H,1-4H3,(H,22,23)(H2,21,25,26). The van der Waals surface area contributed by atoms with Gasteiger partial charge in [-0.05, 0) is 63.2 Å². The number of carbonyl (C=O) groups excluding carboxylic acids is 2. The number of ether oxygens (including phenoxy) is 3. The molecule has 3 N–H and O–H groups in total. The molecule has 162 valence electrons. The van der Waals surface area contributed by atoms with Crippen molar-refractivity contribution < 1.29 is 32.2 Å². The lowest BCUT2D eigenvalue weighted by atomic mass is 10.2. The van der Waals surface area contributed by atoms with Crippen LogP contribution in [-0.2, 0) is 19.6 Å². The van der Waals surface area contributed by atoms with E-state index in [1.165, 1.54) is 50.4 Å². The topological polar surface area (TPSA) is 134 Å². The van der Waals surface area contributed by atoms with E-state index in [2.05, 4.69) is 5.32 Å². The first-order valence-electron chi connectivity index (χ1n) is 9.00. The molecule has 0 spiro atoms. The molecule has 0 heterocycles. The Morgan fingerprint density at radius 3 is 2.17 bits per heavy atom. The summed E-state index contributed by atoms with van der Waals surface area (Å²) in [5.41, 5.74) is 0.521. The maximum atomic E-state index is 12.4. The van der Waals surface area contributed by atoms with Crippen molar-refractivity contribution in [2.24, 2.45) is 5.14 Å². The Morgan fingerprint density at radius 1 is 1.00 bits per heavy atom. The summed E-state index contributed by atoms with van der Waals surface area (Å²) in [7, 11) is -2.37. The van der Waals surface area contributed by atoms with Crippen LogP contribution in [0.2, 0.25) is 0 Å². The van der Waals surface area contributed by atoms with Gasteiger partial charge in [-0.1, -0.05) is 0 Å². The molecule has 0 aromatic heterocycles. The highest BCUT2D eigenvalue weighted by atomic mass is 32.2. The fraction of sp³-hybridized carbons (Fsp3) is 0.300. The molecule has 0 bridgehead atoms. The van der Waals surface area contributed by atoms with Gasteiger partial charge < -0.3 is 19.5 Å². The van der Waals surface area contributed by atoms with Gasteiger partial charge in [0.25, 0.3) is 5.91 Å². The van der Waals surface area contributed by atoms with Crippen molar-refractivity contribution in [1.29, 1.82) is 0 Å². The van der Waals surface area contributed by atoms with Crippen molar-refractivity contribution in [3.8, 4) is 11.5 Å². The number of carbonyl (C=O) groups is 2. The Balaban J connectivity index is 2.03. The molecule has 1 atom stereocenters. The summed E-state index contributed by atoms with van der Waals surface area (Å²) in [6, 6.07) is 9.85. The number of primary sulfonamides is 1. The van der Waals surface area contributed by atoms with Crippen LogP contribution in [0.3, 0.4) is 0 Å². The van der Waals surface area contributed by atoms with E-state index >= 15 is 0 Å². The average molecular weight is 436 g/mol. The highest BCUT2D eigenvalue weighted by Crippen LogP contribution is 2.29. The minimum atomic E-state index is -3.83. The van der Waals surface area contributed by atoms with Gasteiger partial charge in [-0.2, -0.15) is 0 Å². The third kappa shape index (κ3) is 6.19. The van der Waals surface area contributed by atoms with Gasteiger partial charge in [0.15, 0.2) is 17.6 Å². The first-order valence-corrected chi connectivity index (χ1v) is 10.5. The number of hydrogen-bond donors (Lipinski definition) is 2. The van der Waals surface area contributed by atoms with E-state index in [1.807, 2.05) is 13.8 Å². The van der Waals surface area contributed by atoms with E-state index in [-0.39, 0.29) is 16.6 Å². The van der Waals surface area contributed by atoms with Gasteiger partial charge >= 0.3 is 5.97 Å². The maximum absolute atomic E-state index is 12.4. The van der Waals surface area contributed by atoms with Crippen molar-refractivity contribution >= 4 is 27.6 Å². The lowest BCUT2D eigenvalue weighted by Crippen LogP contribution is -2.30. The molecule has 1 unspecified atom stereocenters. The van der Waals surface area contributed by atoms with E-state index < -0.39 is 28.0 Å². The monoisotopic (exact) mass is 436 g/mol. The molecule has 0 saturated carbocycles. The molecule has 0 fully saturated rings. The van der Waals surface area contributed by atoms with Crippen LogP contribution < -0.4 is 19.9 Å². The minimum Gasteiger partial charge on any atom is -0.493 e.